The van der Waals surface area contributed by atoms with Crippen molar-refractivity contribution in [2.45, 2.75) is 87.1 Å². The van der Waals surface area contributed by atoms with E-state index in [4.69, 9.17) is 10.1 Å². The van der Waals surface area contributed by atoms with E-state index in [1.807, 2.05) is 0 Å². The molecule has 5 rings (SSSR count). The molecule has 5 fully saturated rings. The van der Waals surface area contributed by atoms with Crippen LogP contribution in [0.25, 0.3) is 0 Å². The molecule has 10 nitrogen and oxygen atoms in total. The summed E-state index contributed by atoms with van der Waals surface area (Å²) in [5.41, 5.74) is 0. The van der Waals surface area contributed by atoms with E-state index in [1.165, 1.54) is 12.0 Å². The van der Waals surface area contributed by atoms with E-state index in [1.54, 1.807) is 11.9 Å². The SMILES string of the molecule is COC1NCNC(C(F)(F)F)C1C1NCC2C(N1)N(CC1CCC(C3NC(C(F)(F)F)CN3C)CC1)C(=N)N2CC(F)(F)F. The Morgan fingerprint density at radius 2 is 1.55 bits per heavy atom. The Morgan fingerprint density at radius 1 is 0.864 bits per heavy atom. The van der Waals surface area contributed by atoms with E-state index in [9.17, 15) is 39.5 Å². The van der Waals surface area contributed by atoms with E-state index < -0.39 is 73.8 Å². The van der Waals surface area contributed by atoms with Gasteiger partial charge in [0.05, 0.1) is 24.3 Å². The minimum absolute atomic E-state index is 0.0472. The molecular formula is C25H40F9N9O. The predicted molar refractivity (Wildman–Crippen MR) is 140 cm³/mol. The molecule has 0 radical (unpaired) electrons. The van der Waals surface area contributed by atoms with Crippen molar-refractivity contribution >= 4 is 5.96 Å². The number of guanidine groups is 1. The fourth-order valence-corrected chi connectivity index (χ4v) is 7.68. The van der Waals surface area contributed by atoms with Crippen LogP contribution < -0.4 is 26.6 Å². The van der Waals surface area contributed by atoms with Crippen LogP contribution in [0.4, 0.5) is 39.5 Å². The number of nitrogens with one attached hydrogen (secondary N) is 6. The average Bonchev–Trinajstić information content (AvgIpc) is 3.45. The molecule has 6 N–H and O–H groups in total. The molecule has 0 aromatic rings. The number of nitrogens with zero attached hydrogens (tertiary/aromatic N) is 3. The van der Waals surface area contributed by atoms with Crippen LogP contribution in [0.1, 0.15) is 25.7 Å². The van der Waals surface area contributed by atoms with Crippen molar-refractivity contribution in [3.05, 3.63) is 0 Å². The second-order valence-corrected chi connectivity index (χ2v) is 12.5. The van der Waals surface area contributed by atoms with Gasteiger partial charge in [-0.15, -0.1) is 0 Å². The van der Waals surface area contributed by atoms with Gasteiger partial charge in [-0.2, -0.15) is 39.5 Å². The highest BCUT2D eigenvalue weighted by atomic mass is 19.4. The maximum absolute atomic E-state index is 14.0. The lowest BCUT2D eigenvalue weighted by molar-refractivity contribution is -0.197. The van der Waals surface area contributed by atoms with Gasteiger partial charge in [-0.25, -0.2) is 0 Å². The number of ether oxygens (including phenoxy) is 1. The second kappa shape index (κ2) is 12.5. The topological polar surface area (TPSA) is 103 Å². The van der Waals surface area contributed by atoms with Gasteiger partial charge in [-0.1, -0.05) is 0 Å². The molecule has 1 saturated carbocycles. The Balaban J connectivity index is 1.29. The zero-order valence-electron chi connectivity index (χ0n) is 24.3. The van der Waals surface area contributed by atoms with Gasteiger partial charge in [0.25, 0.3) is 0 Å². The third kappa shape index (κ3) is 7.02. The molecule has 44 heavy (non-hydrogen) atoms. The highest BCUT2D eigenvalue weighted by molar-refractivity contribution is 5.80. The van der Waals surface area contributed by atoms with Crippen LogP contribution in [0.3, 0.4) is 0 Å². The molecule has 0 spiro atoms. The molecule has 8 atom stereocenters. The van der Waals surface area contributed by atoms with Crippen molar-refractivity contribution in [2.75, 3.05) is 47.0 Å². The van der Waals surface area contributed by atoms with Gasteiger partial charge >= 0.3 is 18.5 Å². The summed E-state index contributed by atoms with van der Waals surface area (Å²) in [5, 5.41) is 22.7. The molecule has 4 aliphatic heterocycles. The largest absolute Gasteiger partial charge is 0.406 e. The number of fused-ring (bicyclic) bond motifs is 1. The number of rotatable bonds is 6. The molecule has 4 heterocycles. The van der Waals surface area contributed by atoms with Crippen LogP contribution in [0, 0.1) is 23.2 Å². The molecular weight excluding hydrogens is 613 g/mol. The van der Waals surface area contributed by atoms with Crippen molar-refractivity contribution < 1.29 is 44.3 Å². The molecule has 0 bridgehead atoms. The van der Waals surface area contributed by atoms with E-state index >= 15 is 0 Å². The first-order chi connectivity index (χ1) is 20.5. The van der Waals surface area contributed by atoms with Crippen LogP contribution in [0.5, 0.6) is 0 Å². The van der Waals surface area contributed by atoms with E-state index in [0.717, 1.165) is 4.90 Å². The van der Waals surface area contributed by atoms with Crippen LogP contribution >= 0.6 is 0 Å². The van der Waals surface area contributed by atoms with Gasteiger partial charge in [0.2, 0.25) is 0 Å². The summed E-state index contributed by atoms with van der Waals surface area (Å²) in [6.07, 6.45) is -14.6. The predicted octanol–water partition coefficient (Wildman–Crippen LogP) is 1.58. The summed E-state index contributed by atoms with van der Waals surface area (Å²) in [4.78, 5) is 4.09. The lowest BCUT2D eigenvalue weighted by Gasteiger charge is -2.48. The zero-order chi connectivity index (χ0) is 32.2. The van der Waals surface area contributed by atoms with Gasteiger partial charge in [0.15, 0.2) is 5.96 Å². The smallest absolute Gasteiger partial charge is 0.366 e. The second-order valence-electron chi connectivity index (χ2n) is 12.5. The van der Waals surface area contributed by atoms with E-state index in [-0.39, 0.29) is 44.1 Å². The van der Waals surface area contributed by atoms with Gasteiger partial charge < -0.3 is 14.5 Å². The maximum Gasteiger partial charge on any atom is 0.406 e. The minimum Gasteiger partial charge on any atom is -0.366 e. The lowest BCUT2D eigenvalue weighted by atomic mass is 9.80. The van der Waals surface area contributed by atoms with Crippen molar-refractivity contribution in [3.8, 4) is 0 Å². The number of likely N-dealkylation sites (N-methyl/N-ethyl adjacent to an activating group) is 1. The molecule has 254 valence electrons. The standard InChI is InChI=1S/C25H40F9N9O/c1-41-9-15(24(29,30)31)39-19(41)13-5-3-12(4-6-13)8-42-20-14(43(22(42)35)10-23(26,27)28)7-36-18(40-20)16-17(25(32,33)34)37-11-38-21(16)44-2/h12-21,35-40H,3-11H2,1-2H3. The Morgan fingerprint density at radius 3 is 2.11 bits per heavy atom. The lowest BCUT2D eigenvalue weighted by Crippen LogP contribution is -2.74. The van der Waals surface area contributed by atoms with Gasteiger partial charge in [0.1, 0.15) is 31.0 Å². The first-order valence-electron chi connectivity index (χ1n) is 14.7. The third-order valence-electron chi connectivity index (χ3n) is 9.75. The fraction of sp³-hybridized carbons (Fsp3) is 0.960. The summed E-state index contributed by atoms with van der Waals surface area (Å²) in [5.74, 6) is -1.70. The number of alkyl halides is 9. The van der Waals surface area contributed by atoms with E-state index in [2.05, 4.69) is 26.6 Å². The Bertz CT molecular complexity index is 1010. The highest BCUT2D eigenvalue weighted by Crippen LogP contribution is 2.38. The molecule has 0 aromatic carbocycles. The zero-order valence-corrected chi connectivity index (χ0v) is 24.3. The monoisotopic (exact) mass is 653 g/mol. The highest BCUT2D eigenvalue weighted by Gasteiger charge is 2.57. The van der Waals surface area contributed by atoms with Crippen molar-refractivity contribution in [1.29, 1.82) is 5.41 Å². The Labute approximate surface area is 249 Å². The fourth-order valence-electron chi connectivity index (χ4n) is 7.68. The molecule has 0 amide bonds. The minimum atomic E-state index is -4.63. The average molecular weight is 654 g/mol. The van der Waals surface area contributed by atoms with Crippen molar-refractivity contribution in [3.63, 3.8) is 0 Å². The van der Waals surface area contributed by atoms with E-state index in [0.29, 0.717) is 25.7 Å². The Hall–Kier alpha value is -1.64. The molecule has 19 heteroatoms. The molecule has 0 aromatic heterocycles. The molecule has 1 aliphatic carbocycles. The number of methoxy groups -OCH3 is 1. The van der Waals surface area contributed by atoms with Gasteiger partial charge in [-0.3, -0.25) is 36.9 Å². The van der Waals surface area contributed by atoms with Crippen molar-refractivity contribution in [2.24, 2.45) is 17.8 Å². The summed E-state index contributed by atoms with van der Waals surface area (Å²) in [6.45, 7) is -1.59. The van der Waals surface area contributed by atoms with Crippen molar-refractivity contribution in [1.82, 2.24) is 41.3 Å². The number of hydrogen-bond acceptors (Lipinski definition) is 8. The van der Waals surface area contributed by atoms with Crippen LogP contribution in [0.2, 0.25) is 0 Å². The number of halogens is 9. The van der Waals surface area contributed by atoms with Crippen LogP contribution in [0.15, 0.2) is 0 Å². The summed E-state index contributed by atoms with van der Waals surface area (Å²) >= 11 is 0. The number of hydrogen-bond donors (Lipinski definition) is 6. The quantitative estimate of drug-likeness (QED) is 0.239. The summed E-state index contributed by atoms with van der Waals surface area (Å²) in [7, 11) is 2.92. The summed E-state index contributed by atoms with van der Waals surface area (Å²) < 4.78 is 128. The first kappa shape index (κ1) is 33.7. The molecule has 8 unspecified atom stereocenters. The van der Waals surface area contributed by atoms with Crippen LogP contribution in [-0.4, -0.2) is 129 Å². The summed E-state index contributed by atoms with van der Waals surface area (Å²) in [6, 6.07) is -4.45. The Kier molecular flexibility index (Phi) is 9.59. The van der Waals surface area contributed by atoms with Gasteiger partial charge in [-0.05, 0) is 44.6 Å². The first-order valence-corrected chi connectivity index (χ1v) is 14.7. The maximum atomic E-state index is 14.0. The normalized spacial score (nSPS) is 39.7. The van der Waals surface area contributed by atoms with Gasteiger partial charge in [0, 0.05) is 33.4 Å². The third-order valence-corrected chi connectivity index (χ3v) is 9.75. The van der Waals surface area contributed by atoms with Crippen LogP contribution in [-0.2, 0) is 4.74 Å². The molecule has 5 aliphatic rings. The molecule has 4 saturated heterocycles.